The van der Waals surface area contributed by atoms with Crippen LogP contribution in [0.2, 0.25) is 10.0 Å². The molecule has 0 nitrogen and oxygen atoms in total. The molecular weight excluding hydrogens is 371 g/mol. The van der Waals surface area contributed by atoms with E-state index in [1.807, 2.05) is 12.1 Å². The van der Waals surface area contributed by atoms with E-state index in [-0.39, 0.29) is 0 Å². The Bertz CT molecular complexity index is 1030. The van der Waals surface area contributed by atoms with Crippen LogP contribution < -0.4 is 0 Å². The topological polar surface area (TPSA) is 0 Å². The van der Waals surface area contributed by atoms with Gasteiger partial charge in [0.2, 0.25) is 0 Å². The van der Waals surface area contributed by atoms with Crippen molar-refractivity contribution < 1.29 is 0 Å². The maximum Gasteiger partial charge on any atom is 0.0409 e. The molecule has 0 saturated heterocycles. The zero-order valence-electron chi connectivity index (χ0n) is 15.2. The van der Waals surface area contributed by atoms with Crippen molar-refractivity contribution in [3.8, 4) is 11.1 Å². The first-order valence-corrected chi connectivity index (χ1v) is 10.2. The summed E-state index contributed by atoms with van der Waals surface area (Å²) in [4.78, 5) is 0. The highest BCUT2D eigenvalue weighted by Crippen LogP contribution is 2.50. The van der Waals surface area contributed by atoms with Crippen molar-refractivity contribution in [2.24, 2.45) is 0 Å². The van der Waals surface area contributed by atoms with Crippen molar-refractivity contribution in [3.05, 3.63) is 98.5 Å². The lowest BCUT2D eigenvalue weighted by atomic mass is 9.85. The Hall–Kier alpha value is -2.02. The predicted octanol–water partition coefficient (Wildman–Crippen LogP) is 8.09. The molecule has 0 saturated carbocycles. The van der Waals surface area contributed by atoms with Crippen LogP contribution in [0.5, 0.6) is 0 Å². The van der Waals surface area contributed by atoms with E-state index in [1.165, 1.54) is 39.0 Å². The fraction of sp³-hybridized carbons (Fsp3) is 0.200. The Morgan fingerprint density at radius 2 is 1.30 bits per heavy atom. The van der Waals surface area contributed by atoms with Crippen LogP contribution in [0.25, 0.3) is 17.2 Å². The van der Waals surface area contributed by atoms with Crippen LogP contribution in [-0.4, -0.2) is 0 Å². The van der Waals surface area contributed by atoms with E-state index in [2.05, 4.69) is 61.5 Å². The van der Waals surface area contributed by atoms with Gasteiger partial charge in [-0.2, -0.15) is 0 Å². The van der Waals surface area contributed by atoms with Crippen LogP contribution in [0.3, 0.4) is 0 Å². The third kappa shape index (κ3) is 2.83. The Balaban J connectivity index is 1.50. The fourth-order valence-electron chi connectivity index (χ4n) is 4.88. The number of rotatable bonds is 3. The molecule has 1 atom stereocenters. The summed E-state index contributed by atoms with van der Waals surface area (Å²) in [5.41, 5.74) is 9.58. The molecule has 0 radical (unpaired) electrons. The van der Waals surface area contributed by atoms with Crippen molar-refractivity contribution in [2.75, 3.05) is 0 Å². The largest absolute Gasteiger partial charge is 0.0843 e. The molecule has 27 heavy (non-hydrogen) atoms. The van der Waals surface area contributed by atoms with Crippen molar-refractivity contribution in [1.82, 2.24) is 0 Å². The van der Waals surface area contributed by atoms with Gasteiger partial charge < -0.3 is 0 Å². The van der Waals surface area contributed by atoms with Crippen LogP contribution in [0, 0.1) is 0 Å². The zero-order valence-corrected chi connectivity index (χ0v) is 16.7. The van der Waals surface area contributed by atoms with Crippen LogP contribution in [0.4, 0.5) is 0 Å². The average Bonchev–Trinajstić information content (AvgIpc) is 3.13. The first kappa shape index (κ1) is 17.1. The maximum absolute atomic E-state index is 6.35. The summed E-state index contributed by atoms with van der Waals surface area (Å²) in [6.07, 6.45) is 4.55. The molecule has 0 fully saturated rings. The third-order valence-corrected chi connectivity index (χ3v) is 6.59. The van der Waals surface area contributed by atoms with E-state index in [9.17, 15) is 0 Å². The van der Waals surface area contributed by atoms with E-state index in [0.29, 0.717) is 11.8 Å². The van der Waals surface area contributed by atoms with Gasteiger partial charge >= 0.3 is 0 Å². The van der Waals surface area contributed by atoms with Crippen molar-refractivity contribution in [2.45, 2.75) is 31.6 Å². The van der Waals surface area contributed by atoms with Crippen molar-refractivity contribution in [1.29, 1.82) is 0 Å². The number of fused-ring (bicyclic) bond motifs is 4. The molecule has 3 aromatic rings. The number of benzene rings is 3. The quantitative estimate of drug-likeness (QED) is 0.423. The SMILES string of the molecule is CC1=Cc2ccccc2C1CCC1c2cc(Cl)ccc2-c2ccc(Cl)cc21. The molecule has 0 spiro atoms. The predicted molar refractivity (Wildman–Crippen MR) is 116 cm³/mol. The number of allylic oxidation sites excluding steroid dienone is 1. The van der Waals surface area contributed by atoms with Crippen LogP contribution >= 0.6 is 23.2 Å². The van der Waals surface area contributed by atoms with Gasteiger partial charge in [-0.15, -0.1) is 0 Å². The van der Waals surface area contributed by atoms with Gasteiger partial charge in [0, 0.05) is 21.9 Å². The van der Waals surface area contributed by atoms with E-state index >= 15 is 0 Å². The first-order chi connectivity index (χ1) is 13.1. The minimum Gasteiger partial charge on any atom is -0.0843 e. The Kier molecular flexibility index (Phi) is 4.15. The lowest BCUT2D eigenvalue weighted by Gasteiger charge is -2.19. The van der Waals surface area contributed by atoms with Gasteiger partial charge in [-0.3, -0.25) is 0 Å². The van der Waals surface area contributed by atoms with Gasteiger partial charge in [0.25, 0.3) is 0 Å². The zero-order chi connectivity index (χ0) is 18.5. The smallest absolute Gasteiger partial charge is 0.0409 e. The van der Waals surface area contributed by atoms with Gasteiger partial charge in [-0.05, 0) is 77.4 Å². The van der Waals surface area contributed by atoms with Gasteiger partial charge in [0.15, 0.2) is 0 Å². The molecule has 1 unspecified atom stereocenters. The molecule has 0 amide bonds. The van der Waals surface area contributed by atoms with Crippen molar-refractivity contribution >= 4 is 29.3 Å². The molecule has 0 aromatic heterocycles. The van der Waals surface area contributed by atoms with Gasteiger partial charge in [0.1, 0.15) is 0 Å². The van der Waals surface area contributed by atoms with Crippen molar-refractivity contribution in [3.63, 3.8) is 0 Å². The molecule has 3 aromatic carbocycles. The number of hydrogen-bond acceptors (Lipinski definition) is 0. The van der Waals surface area contributed by atoms with Gasteiger partial charge in [-0.1, -0.05) is 71.2 Å². The molecule has 0 N–H and O–H groups in total. The maximum atomic E-state index is 6.35. The normalized spacial score (nSPS) is 17.4. The Morgan fingerprint density at radius 1 is 0.704 bits per heavy atom. The molecule has 2 aliphatic rings. The number of hydrogen-bond donors (Lipinski definition) is 0. The molecular formula is C25H20Cl2. The van der Waals surface area contributed by atoms with Gasteiger partial charge in [-0.25, -0.2) is 0 Å². The Morgan fingerprint density at radius 3 is 1.96 bits per heavy atom. The second-order valence-corrected chi connectivity index (χ2v) is 8.54. The highest BCUT2D eigenvalue weighted by molar-refractivity contribution is 6.31. The third-order valence-electron chi connectivity index (χ3n) is 6.12. The summed E-state index contributed by atoms with van der Waals surface area (Å²) >= 11 is 12.7. The monoisotopic (exact) mass is 390 g/mol. The van der Waals surface area contributed by atoms with Crippen LogP contribution in [0.1, 0.15) is 53.9 Å². The second kappa shape index (κ2) is 6.55. The summed E-state index contributed by atoms with van der Waals surface area (Å²) in [6.45, 7) is 2.26. The standard InChI is InChI=1S/C25H20Cl2/c1-15-12-16-4-2-3-5-20(16)19(15)10-11-23-24-13-17(26)6-8-21(24)22-9-7-18(27)14-25(22)23/h2-9,12-14,19,23H,10-11H2,1H3. The highest BCUT2D eigenvalue weighted by atomic mass is 35.5. The summed E-state index contributed by atoms with van der Waals surface area (Å²) in [5.74, 6) is 0.861. The first-order valence-electron chi connectivity index (χ1n) is 9.48. The Labute approximate surface area is 170 Å². The average molecular weight is 391 g/mol. The number of halogens is 2. The lowest BCUT2D eigenvalue weighted by molar-refractivity contribution is 0.618. The van der Waals surface area contributed by atoms with E-state index in [1.54, 1.807) is 0 Å². The second-order valence-electron chi connectivity index (χ2n) is 7.66. The summed E-state index contributed by atoms with van der Waals surface area (Å²) < 4.78 is 0. The fourth-order valence-corrected chi connectivity index (χ4v) is 5.24. The molecule has 134 valence electrons. The minimum atomic E-state index is 0.355. The van der Waals surface area contributed by atoms with Gasteiger partial charge in [0.05, 0.1) is 0 Å². The summed E-state index contributed by atoms with van der Waals surface area (Å²) in [5, 5.41) is 1.61. The molecule has 0 heterocycles. The van der Waals surface area contributed by atoms with Crippen LogP contribution in [-0.2, 0) is 0 Å². The lowest BCUT2D eigenvalue weighted by Crippen LogP contribution is -2.03. The van der Waals surface area contributed by atoms with Crippen LogP contribution in [0.15, 0.2) is 66.2 Å². The summed E-state index contributed by atoms with van der Waals surface area (Å²) in [6, 6.07) is 21.3. The van der Waals surface area contributed by atoms with E-state index in [4.69, 9.17) is 23.2 Å². The minimum absolute atomic E-state index is 0.355. The van der Waals surface area contributed by atoms with E-state index in [0.717, 1.165) is 22.9 Å². The summed E-state index contributed by atoms with van der Waals surface area (Å²) in [7, 11) is 0. The molecule has 0 bridgehead atoms. The molecule has 2 heteroatoms. The molecule has 0 aliphatic heterocycles. The molecule has 5 rings (SSSR count). The molecule has 2 aliphatic carbocycles. The highest BCUT2D eigenvalue weighted by Gasteiger charge is 2.31. The van der Waals surface area contributed by atoms with E-state index < -0.39 is 0 Å².